The van der Waals surface area contributed by atoms with Gasteiger partial charge in [0.25, 0.3) is 0 Å². The molecule has 1 heterocycles. The highest BCUT2D eigenvalue weighted by Crippen LogP contribution is 2.26. The standard InChI is InChI=1S/C13H15NOS/c1-3-11-9-16-13(14-11)10-6-5-7-12(8-10)15-4-2/h5-9H,3-4H2,1-2H3. The predicted octanol–water partition coefficient (Wildman–Crippen LogP) is 3.77. The third kappa shape index (κ3) is 2.42. The summed E-state index contributed by atoms with van der Waals surface area (Å²) in [5.74, 6) is 0.910. The van der Waals surface area contributed by atoms with Crippen molar-refractivity contribution >= 4 is 11.3 Å². The van der Waals surface area contributed by atoms with Crippen molar-refractivity contribution in [3.63, 3.8) is 0 Å². The Bertz CT molecular complexity index is 464. The summed E-state index contributed by atoms with van der Waals surface area (Å²) < 4.78 is 5.48. The third-order valence-electron chi connectivity index (χ3n) is 2.31. The van der Waals surface area contributed by atoms with Crippen LogP contribution in [0.4, 0.5) is 0 Å². The molecule has 0 aliphatic carbocycles. The fraction of sp³-hybridized carbons (Fsp3) is 0.308. The number of ether oxygens (including phenoxy) is 1. The summed E-state index contributed by atoms with van der Waals surface area (Å²) in [6, 6.07) is 8.09. The Labute approximate surface area is 99.9 Å². The van der Waals surface area contributed by atoms with E-state index in [4.69, 9.17) is 4.74 Å². The van der Waals surface area contributed by atoms with Crippen molar-refractivity contribution in [1.82, 2.24) is 4.98 Å². The maximum absolute atomic E-state index is 5.48. The molecular formula is C13H15NOS. The van der Waals surface area contributed by atoms with Crippen LogP contribution in [0.2, 0.25) is 0 Å². The number of thiazole rings is 1. The normalized spacial score (nSPS) is 10.4. The Balaban J connectivity index is 2.28. The van der Waals surface area contributed by atoms with Crippen LogP contribution < -0.4 is 4.74 Å². The summed E-state index contributed by atoms with van der Waals surface area (Å²) in [5, 5.41) is 3.18. The summed E-state index contributed by atoms with van der Waals surface area (Å²) >= 11 is 1.69. The molecule has 0 bridgehead atoms. The van der Waals surface area contributed by atoms with Crippen molar-refractivity contribution in [3.05, 3.63) is 35.3 Å². The third-order valence-corrected chi connectivity index (χ3v) is 3.25. The molecule has 0 N–H and O–H groups in total. The van der Waals surface area contributed by atoms with Crippen molar-refractivity contribution in [2.75, 3.05) is 6.61 Å². The number of hydrogen-bond acceptors (Lipinski definition) is 3. The largest absolute Gasteiger partial charge is 0.494 e. The highest BCUT2D eigenvalue weighted by Gasteiger charge is 2.04. The summed E-state index contributed by atoms with van der Waals surface area (Å²) in [5.41, 5.74) is 2.29. The van der Waals surface area contributed by atoms with E-state index in [0.717, 1.165) is 28.4 Å². The Morgan fingerprint density at radius 2 is 2.19 bits per heavy atom. The minimum atomic E-state index is 0.696. The van der Waals surface area contributed by atoms with Crippen LogP contribution in [0.1, 0.15) is 19.5 Å². The van der Waals surface area contributed by atoms with E-state index in [2.05, 4.69) is 23.4 Å². The van der Waals surface area contributed by atoms with Gasteiger partial charge in [-0.15, -0.1) is 11.3 Å². The molecule has 84 valence electrons. The zero-order valence-corrected chi connectivity index (χ0v) is 10.4. The van der Waals surface area contributed by atoms with Crippen LogP contribution in [-0.4, -0.2) is 11.6 Å². The number of rotatable bonds is 4. The molecule has 0 radical (unpaired) electrons. The van der Waals surface area contributed by atoms with Gasteiger partial charge in [-0.25, -0.2) is 4.98 Å². The van der Waals surface area contributed by atoms with Gasteiger partial charge in [0.05, 0.1) is 12.3 Å². The molecule has 2 nitrogen and oxygen atoms in total. The molecule has 2 aromatic rings. The van der Waals surface area contributed by atoms with Gasteiger partial charge in [-0.05, 0) is 25.5 Å². The van der Waals surface area contributed by atoms with E-state index in [0.29, 0.717) is 6.61 Å². The molecule has 1 aromatic heterocycles. The minimum Gasteiger partial charge on any atom is -0.494 e. The van der Waals surface area contributed by atoms with E-state index in [1.54, 1.807) is 11.3 Å². The first kappa shape index (κ1) is 11.1. The monoisotopic (exact) mass is 233 g/mol. The van der Waals surface area contributed by atoms with E-state index in [1.807, 2.05) is 25.1 Å². The molecule has 0 atom stereocenters. The van der Waals surface area contributed by atoms with E-state index < -0.39 is 0 Å². The van der Waals surface area contributed by atoms with E-state index in [1.165, 1.54) is 0 Å². The minimum absolute atomic E-state index is 0.696. The van der Waals surface area contributed by atoms with Crippen LogP contribution in [0.3, 0.4) is 0 Å². The van der Waals surface area contributed by atoms with Gasteiger partial charge in [-0.3, -0.25) is 0 Å². The quantitative estimate of drug-likeness (QED) is 0.802. The smallest absolute Gasteiger partial charge is 0.123 e. The lowest BCUT2D eigenvalue weighted by Crippen LogP contribution is -1.91. The lowest BCUT2D eigenvalue weighted by Gasteiger charge is -2.03. The first-order valence-corrected chi connectivity index (χ1v) is 6.39. The fourth-order valence-electron chi connectivity index (χ4n) is 1.49. The Kier molecular flexibility index (Phi) is 3.57. The number of aryl methyl sites for hydroxylation is 1. The maximum Gasteiger partial charge on any atom is 0.123 e. The van der Waals surface area contributed by atoms with Crippen molar-refractivity contribution < 1.29 is 4.74 Å². The van der Waals surface area contributed by atoms with Gasteiger partial charge in [0.15, 0.2) is 0 Å². The highest BCUT2D eigenvalue weighted by atomic mass is 32.1. The van der Waals surface area contributed by atoms with Crippen LogP contribution in [-0.2, 0) is 6.42 Å². The molecule has 0 saturated heterocycles. The number of aromatic nitrogens is 1. The average molecular weight is 233 g/mol. The summed E-state index contributed by atoms with van der Waals surface area (Å²) in [4.78, 5) is 4.56. The number of benzene rings is 1. The molecule has 0 unspecified atom stereocenters. The van der Waals surface area contributed by atoms with Crippen LogP contribution in [0.5, 0.6) is 5.75 Å². The summed E-state index contributed by atoms with van der Waals surface area (Å²) in [7, 11) is 0. The highest BCUT2D eigenvalue weighted by molar-refractivity contribution is 7.13. The van der Waals surface area contributed by atoms with Gasteiger partial charge in [0.1, 0.15) is 10.8 Å². The van der Waals surface area contributed by atoms with Crippen molar-refractivity contribution in [3.8, 4) is 16.3 Å². The van der Waals surface area contributed by atoms with Gasteiger partial charge < -0.3 is 4.74 Å². The van der Waals surface area contributed by atoms with Crippen molar-refractivity contribution in [1.29, 1.82) is 0 Å². The molecule has 0 aliphatic heterocycles. The molecule has 0 aliphatic rings. The topological polar surface area (TPSA) is 22.1 Å². The van der Waals surface area contributed by atoms with Crippen LogP contribution >= 0.6 is 11.3 Å². The number of hydrogen-bond donors (Lipinski definition) is 0. The molecule has 1 aromatic carbocycles. The molecule has 0 fully saturated rings. The first-order valence-electron chi connectivity index (χ1n) is 5.51. The van der Waals surface area contributed by atoms with E-state index in [-0.39, 0.29) is 0 Å². The van der Waals surface area contributed by atoms with E-state index in [9.17, 15) is 0 Å². The molecule has 3 heteroatoms. The summed E-state index contributed by atoms with van der Waals surface area (Å²) in [6.45, 7) is 4.81. The zero-order chi connectivity index (χ0) is 11.4. The zero-order valence-electron chi connectivity index (χ0n) is 9.56. The predicted molar refractivity (Wildman–Crippen MR) is 68.1 cm³/mol. The second kappa shape index (κ2) is 5.12. The summed E-state index contributed by atoms with van der Waals surface area (Å²) in [6.07, 6.45) is 0.988. The van der Waals surface area contributed by atoms with Gasteiger partial charge >= 0.3 is 0 Å². The maximum atomic E-state index is 5.48. The van der Waals surface area contributed by atoms with Crippen LogP contribution in [0.15, 0.2) is 29.6 Å². The lowest BCUT2D eigenvalue weighted by molar-refractivity contribution is 0.340. The first-order chi connectivity index (χ1) is 7.83. The Morgan fingerprint density at radius 1 is 1.31 bits per heavy atom. The van der Waals surface area contributed by atoms with E-state index >= 15 is 0 Å². The molecule has 0 amide bonds. The molecular weight excluding hydrogens is 218 g/mol. The lowest BCUT2D eigenvalue weighted by atomic mass is 10.2. The Hall–Kier alpha value is -1.35. The number of nitrogens with zero attached hydrogens (tertiary/aromatic N) is 1. The van der Waals surface area contributed by atoms with Gasteiger partial charge in [0.2, 0.25) is 0 Å². The average Bonchev–Trinajstić information content (AvgIpc) is 2.78. The fourth-order valence-corrected chi connectivity index (χ4v) is 2.39. The molecule has 0 spiro atoms. The molecule has 2 rings (SSSR count). The van der Waals surface area contributed by atoms with Crippen LogP contribution in [0, 0.1) is 0 Å². The SMILES string of the molecule is CCOc1cccc(-c2nc(CC)cs2)c1. The second-order valence-electron chi connectivity index (χ2n) is 3.46. The van der Waals surface area contributed by atoms with Gasteiger partial charge in [-0.1, -0.05) is 19.1 Å². The van der Waals surface area contributed by atoms with Gasteiger partial charge in [0, 0.05) is 10.9 Å². The van der Waals surface area contributed by atoms with Crippen molar-refractivity contribution in [2.45, 2.75) is 20.3 Å². The Morgan fingerprint density at radius 3 is 2.88 bits per heavy atom. The van der Waals surface area contributed by atoms with Crippen LogP contribution in [0.25, 0.3) is 10.6 Å². The second-order valence-corrected chi connectivity index (χ2v) is 4.32. The molecule has 16 heavy (non-hydrogen) atoms. The van der Waals surface area contributed by atoms with Gasteiger partial charge in [-0.2, -0.15) is 0 Å². The molecule has 0 saturated carbocycles. The van der Waals surface area contributed by atoms with Crippen molar-refractivity contribution in [2.24, 2.45) is 0 Å².